The van der Waals surface area contributed by atoms with Crippen molar-refractivity contribution in [3.05, 3.63) is 26.3 Å². The summed E-state index contributed by atoms with van der Waals surface area (Å²) in [5, 5.41) is 0. The van der Waals surface area contributed by atoms with Crippen molar-refractivity contribution in [2.45, 2.75) is 26.1 Å². The monoisotopic (exact) mass is 218 g/mol. The van der Waals surface area contributed by atoms with E-state index in [2.05, 4.69) is 26.3 Å². The van der Waals surface area contributed by atoms with Gasteiger partial charge in [0, 0.05) is 14.2 Å². The molecule has 0 rings (SSSR count). The molecular formula is C12H26O3. The summed E-state index contributed by atoms with van der Waals surface area (Å²) in [6, 6.07) is 0. The van der Waals surface area contributed by atoms with Gasteiger partial charge in [0.1, 0.15) is 0 Å². The van der Waals surface area contributed by atoms with Crippen LogP contribution in [0, 0.1) is 0 Å². The quantitative estimate of drug-likeness (QED) is 0.641. The number of ether oxygens (including phenoxy) is 3. The summed E-state index contributed by atoms with van der Waals surface area (Å²) < 4.78 is 15.3. The van der Waals surface area contributed by atoms with Gasteiger partial charge in [-0.15, -0.1) is 26.3 Å². The van der Waals surface area contributed by atoms with E-state index in [0.717, 1.165) is 0 Å². The molecule has 0 fully saturated rings. The lowest BCUT2D eigenvalue weighted by Crippen LogP contribution is -2.21. The fourth-order valence-corrected chi connectivity index (χ4v) is 0.651. The van der Waals surface area contributed by atoms with E-state index < -0.39 is 0 Å². The Bertz CT molecular complexity index is 105. The molecule has 2 unspecified atom stereocenters. The Hall–Kier alpha value is -0.640. The van der Waals surface area contributed by atoms with Crippen molar-refractivity contribution in [1.82, 2.24) is 0 Å². The molecular weight excluding hydrogens is 192 g/mol. The predicted molar refractivity (Wildman–Crippen MR) is 66.3 cm³/mol. The fourth-order valence-electron chi connectivity index (χ4n) is 0.651. The molecule has 0 amide bonds. The highest BCUT2D eigenvalue weighted by Gasteiger charge is 2.04. The van der Waals surface area contributed by atoms with Gasteiger partial charge in [-0.05, 0) is 13.8 Å². The topological polar surface area (TPSA) is 27.7 Å². The number of hydrogen-bond acceptors (Lipinski definition) is 3. The highest BCUT2D eigenvalue weighted by Crippen LogP contribution is 1.95. The van der Waals surface area contributed by atoms with Crippen molar-refractivity contribution >= 4 is 0 Å². The largest absolute Gasteiger partial charge is 0.382 e. The molecule has 0 aromatic rings. The van der Waals surface area contributed by atoms with E-state index in [1.807, 2.05) is 13.8 Å². The minimum absolute atomic E-state index is 0.151. The molecule has 2 atom stereocenters. The second-order valence-corrected chi connectivity index (χ2v) is 2.65. The van der Waals surface area contributed by atoms with Crippen molar-refractivity contribution < 1.29 is 14.2 Å². The van der Waals surface area contributed by atoms with Gasteiger partial charge in [0.15, 0.2) is 0 Å². The Morgan fingerprint density at radius 3 is 1.67 bits per heavy atom. The van der Waals surface area contributed by atoms with Crippen LogP contribution in [-0.4, -0.2) is 39.6 Å². The maximum absolute atomic E-state index is 5.39. The van der Waals surface area contributed by atoms with Crippen molar-refractivity contribution in [1.29, 1.82) is 0 Å². The summed E-state index contributed by atoms with van der Waals surface area (Å²) in [6.45, 7) is 17.2. The van der Waals surface area contributed by atoms with E-state index in [1.54, 1.807) is 14.2 Å². The second kappa shape index (κ2) is 19.0. The maximum atomic E-state index is 5.39. The number of methoxy groups -OCH3 is 2. The van der Waals surface area contributed by atoms with Gasteiger partial charge in [0.05, 0.1) is 25.4 Å². The predicted octanol–water partition coefficient (Wildman–Crippen LogP) is 2.68. The molecule has 0 N–H and O–H groups in total. The lowest BCUT2D eigenvalue weighted by molar-refractivity contribution is -0.0386. The molecule has 0 bridgehead atoms. The van der Waals surface area contributed by atoms with Crippen LogP contribution in [0.15, 0.2) is 26.3 Å². The van der Waals surface area contributed by atoms with E-state index in [9.17, 15) is 0 Å². The molecule has 0 aromatic heterocycles. The summed E-state index contributed by atoms with van der Waals surface area (Å²) >= 11 is 0. The molecule has 0 heterocycles. The smallest absolute Gasteiger partial charge is 0.0781 e. The van der Waals surface area contributed by atoms with E-state index in [0.29, 0.717) is 13.2 Å². The van der Waals surface area contributed by atoms with Gasteiger partial charge in [0.25, 0.3) is 0 Å². The highest BCUT2D eigenvalue weighted by atomic mass is 16.5. The average molecular weight is 218 g/mol. The van der Waals surface area contributed by atoms with Crippen molar-refractivity contribution in [3.63, 3.8) is 0 Å². The summed E-state index contributed by atoms with van der Waals surface area (Å²) in [4.78, 5) is 0. The Morgan fingerprint density at radius 2 is 1.33 bits per heavy atom. The summed E-state index contributed by atoms with van der Waals surface area (Å²) in [5.41, 5.74) is 0. The summed E-state index contributed by atoms with van der Waals surface area (Å²) in [6.07, 6.45) is 0.312. The first-order valence-corrected chi connectivity index (χ1v) is 4.84. The van der Waals surface area contributed by atoms with Gasteiger partial charge in [-0.3, -0.25) is 0 Å². The third kappa shape index (κ3) is 19.7. The first kappa shape index (κ1) is 19.9. The van der Waals surface area contributed by atoms with Crippen LogP contribution >= 0.6 is 0 Å². The first-order chi connectivity index (χ1) is 7.20. The second-order valence-electron chi connectivity index (χ2n) is 2.65. The van der Waals surface area contributed by atoms with Crippen LogP contribution in [0.5, 0.6) is 0 Å². The van der Waals surface area contributed by atoms with Gasteiger partial charge in [-0.1, -0.05) is 0 Å². The zero-order chi connectivity index (χ0) is 12.7. The van der Waals surface area contributed by atoms with Crippen LogP contribution in [-0.2, 0) is 14.2 Å². The SMILES string of the molecule is C=C.C=C.COCC(C)OCC(C)OC. The van der Waals surface area contributed by atoms with Gasteiger partial charge in [-0.2, -0.15) is 0 Å². The minimum Gasteiger partial charge on any atom is -0.382 e. The Morgan fingerprint density at radius 1 is 0.867 bits per heavy atom. The molecule has 0 aliphatic heterocycles. The maximum Gasteiger partial charge on any atom is 0.0781 e. The molecule has 0 aromatic carbocycles. The molecule has 0 radical (unpaired) electrons. The van der Waals surface area contributed by atoms with E-state index in [4.69, 9.17) is 14.2 Å². The van der Waals surface area contributed by atoms with E-state index in [-0.39, 0.29) is 12.2 Å². The molecule has 3 heteroatoms. The van der Waals surface area contributed by atoms with Crippen LogP contribution in [0.4, 0.5) is 0 Å². The third-order valence-corrected chi connectivity index (χ3v) is 1.42. The normalized spacial score (nSPS) is 12.5. The van der Waals surface area contributed by atoms with Crippen LogP contribution < -0.4 is 0 Å². The van der Waals surface area contributed by atoms with Crippen LogP contribution in [0.2, 0.25) is 0 Å². The van der Waals surface area contributed by atoms with E-state index in [1.165, 1.54) is 0 Å². The molecule has 0 aliphatic rings. The molecule has 15 heavy (non-hydrogen) atoms. The highest BCUT2D eigenvalue weighted by molar-refractivity contribution is 4.50. The average Bonchev–Trinajstić information content (AvgIpc) is 2.31. The number of rotatable bonds is 6. The minimum atomic E-state index is 0.151. The van der Waals surface area contributed by atoms with Gasteiger partial charge < -0.3 is 14.2 Å². The third-order valence-electron chi connectivity index (χ3n) is 1.42. The molecule has 0 saturated heterocycles. The Kier molecular flexibility index (Phi) is 25.2. The van der Waals surface area contributed by atoms with Crippen LogP contribution in [0.1, 0.15) is 13.8 Å². The van der Waals surface area contributed by atoms with Crippen molar-refractivity contribution in [2.75, 3.05) is 27.4 Å². The van der Waals surface area contributed by atoms with E-state index >= 15 is 0 Å². The van der Waals surface area contributed by atoms with Crippen molar-refractivity contribution in [3.8, 4) is 0 Å². The van der Waals surface area contributed by atoms with Gasteiger partial charge in [0.2, 0.25) is 0 Å². The molecule has 0 saturated carbocycles. The lowest BCUT2D eigenvalue weighted by Gasteiger charge is -2.14. The van der Waals surface area contributed by atoms with Crippen LogP contribution in [0.3, 0.4) is 0 Å². The zero-order valence-electron chi connectivity index (χ0n) is 10.6. The first-order valence-electron chi connectivity index (χ1n) is 4.84. The van der Waals surface area contributed by atoms with Crippen LogP contribution in [0.25, 0.3) is 0 Å². The molecule has 3 nitrogen and oxygen atoms in total. The van der Waals surface area contributed by atoms with Gasteiger partial charge >= 0.3 is 0 Å². The number of hydrogen-bond donors (Lipinski definition) is 0. The molecule has 0 spiro atoms. The van der Waals surface area contributed by atoms with Gasteiger partial charge in [-0.25, -0.2) is 0 Å². The fraction of sp³-hybridized carbons (Fsp3) is 0.667. The Balaban J connectivity index is -0.000000318. The van der Waals surface area contributed by atoms with Crippen molar-refractivity contribution in [2.24, 2.45) is 0 Å². The molecule has 0 aliphatic carbocycles. The summed E-state index contributed by atoms with van der Waals surface area (Å²) in [5.74, 6) is 0. The Labute approximate surface area is 94.7 Å². The molecule has 92 valence electrons. The zero-order valence-corrected chi connectivity index (χ0v) is 10.6. The lowest BCUT2D eigenvalue weighted by atomic mass is 10.4. The summed E-state index contributed by atoms with van der Waals surface area (Å²) in [7, 11) is 3.34. The standard InChI is InChI=1S/C8H18O3.2C2H4/c1-7(10-4)6-11-8(2)5-9-3;2*1-2/h7-8H,5-6H2,1-4H3;2*1-2H2.